The van der Waals surface area contributed by atoms with Crippen molar-refractivity contribution in [3.63, 3.8) is 0 Å². The molecule has 3 heterocycles. The highest BCUT2D eigenvalue weighted by Crippen LogP contribution is 2.35. The van der Waals surface area contributed by atoms with Crippen LogP contribution in [0.4, 0.5) is 0 Å². The first kappa shape index (κ1) is 35.8. The first-order chi connectivity index (χ1) is 20.1. The normalized spacial score (nSPS) is 45.3. The molecule has 0 bridgehead atoms. The summed E-state index contributed by atoms with van der Waals surface area (Å²) in [6, 6.07) is -1.48. The summed E-state index contributed by atoms with van der Waals surface area (Å²) < 4.78 is 26.7. The second-order valence-corrected chi connectivity index (χ2v) is 10.5. The number of hydrogen-bond donors (Lipinski definition) is 13. The number of carbonyl (C=O) groups is 2. The lowest BCUT2D eigenvalue weighted by Crippen LogP contribution is -2.68. The fraction of sp³-hybridized carbons (Fsp3) is 0.913. The van der Waals surface area contributed by atoms with Crippen LogP contribution in [0.25, 0.3) is 0 Å². The Kier molecular flexibility index (Phi) is 12.1. The molecule has 0 aromatic heterocycles. The van der Waals surface area contributed by atoms with Gasteiger partial charge in [0.15, 0.2) is 12.6 Å². The number of aliphatic hydroxyl groups excluding tert-OH is 11. The molecule has 0 aliphatic carbocycles. The summed E-state index contributed by atoms with van der Waals surface area (Å²) in [5, 5.41) is 123. The average Bonchev–Trinajstić information content (AvgIpc) is 2.96. The fourth-order valence-corrected chi connectivity index (χ4v) is 5.05. The quantitative estimate of drug-likeness (QED) is 0.100. The van der Waals surface area contributed by atoms with Crippen molar-refractivity contribution in [3.05, 3.63) is 0 Å². The molecule has 20 nitrogen and oxygen atoms in total. The number of rotatable bonds is 11. The third-order valence-corrected chi connectivity index (χ3v) is 7.47. The summed E-state index contributed by atoms with van der Waals surface area (Å²) in [5.41, 5.74) is 0. The van der Waals surface area contributed by atoms with Crippen LogP contribution >= 0.6 is 0 Å². The van der Waals surface area contributed by atoms with E-state index in [4.69, 9.17) is 23.7 Å². The summed E-state index contributed by atoms with van der Waals surface area (Å²) in [5.74, 6) is -5.42. The van der Waals surface area contributed by atoms with Gasteiger partial charge in [0.05, 0.1) is 32.0 Å². The van der Waals surface area contributed by atoms with Crippen molar-refractivity contribution < 1.29 is 94.6 Å². The Morgan fingerprint density at radius 1 is 0.930 bits per heavy atom. The molecule has 1 amide bonds. The molecule has 43 heavy (non-hydrogen) atoms. The van der Waals surface area contributed by atoms with Gasteiger partial charge in [-0.15, -0.1) is 0 Å². The SMILES string of the molecule is CC(=O)N[C@@H]1C(O)C[C@](OCC2O[C@@H](O[C@@H]3C(CO)O[C@@H](O)C(O)C3O)C(O)C(O)[C@H]2O)(C(=O)O)OC1[C@H](O)[C@H](O)CO. The maximum absolute atomic E-state index is 12.3. The van der Waals surface area contributed by atoms with E-state index in [2.05, 4.69) is 5.32 Å². The van der Waals surface area contributed by atoms with Crippen molar-refractivity contribution in [2.45, 2.75) is 111 Å². The number of carboxylic acids is 1. The minimum atomic E-state index is -2.83. The van der Waals surface area contributed by atoms with Gasteiger partial charge in [-0.3, -0.25) is 4.79 Å². The van der Waals surface area contributed by atoms with E-state index in [9.17, 15) is 70.9 Å². The van der Waals surface area contributed by atoms with Crippen LogP contribution in [0.1, 0.15) is 13.3 Å². The topological polar surface area (TPSA) is 335 Å². The second kappa shape index (κ2) is 14.6. The molecule has 3 rings (SSSR count). The van der Waals surface area contributed by atoms with Crippen molar-refractivity contribution in [3.8, 4) is 0 Å². The Morgan fingerprint density at radius 2 is 1.58 bits per heavy atom. The van der Waals surface area contributed by atoms with E-state index in [1.54, 1.807) is 0 Å². The number of amides is 1. The molecule has 8 unspecified atom stereocenters. The van der Waals surface area contributed by atoms with E-state index >= 15 is 0 Å². The summed E-state index contributed by atoms with van der Waals surface area (Å²) in [6.07, 6.45) is -27.0. The molecule has 0 aromatic rings. The van der Waals surface area contributed by atoms with Gasteiger partial charge in [0.2, 0.25) is 5.91 Å². The first-order valence-corrected chi connectivity index (χ1v) is 13.2. The number of nitrogens with one attached hydrogen (secondary N) is 1. The summed E-state index contributed by atoms with van der Waals surface area (Å²) in [7, 11) is 0. The zero-order valence-electron chi connectivity index (χ0n) is 22.7. The largest absolute Gasteiger partial charge is 0.477 e. The zero-order valence-corrected chi connectivity index (χ0v) is 22.7. The Morgan fingerprint density at radius 3 is 2.14 bits per heavy atom. The number of hydrogen-bond acceptors (Lipinski definition) is 18. The molecular weight excluding hydrogens is 594 g/mol. The molecule has 3 aliphatic rings. The van der Waals surface area contributed by atoms with Crippen molar-refractivity contribution in [2.24, 2.45) is 0 Å². The van der Waals surface area contributed by atoms with Crippen LogP contribution in [0.2, 0.25) is 0 Å². The summed E-state index contributed by atoms with van der Waals surface area (Å²) in [6.45, 7) is -1.76. The van der Waals surface area contributed by atoms with Gasteiger partial charge in [-0.1, -0.05) is 0 Å². The number of carboxylic acid groups (broad SMARTS) is 1. The third-order valence-electron chi connectivity index (χ3n) is 7.47. The van der Waals surface area contributed by atoms with Crippen LogP contribution in [-0.4, -0.2) is 191 Å². The van der Waals surface area contributed by atoms with Crippen LogP contribution < -0.4 is 5.32 Å². The molecule has 16 atom stereocenters. The third kappa shape index (κ3) is 7.58. The average molecular weight is 634 g/mol. The van der Waals surface area contributed by atoms with E-state index in [-0.39, 0.29) is 0 Å². The van der Waals surface area contributed by atoms with Crippen LogP contribution in [-0.2, 0) is 33.3 Å². The van der Waals surface area contributed by atoms with Crippen LogP contribution in [0, 0.1) is 0 Å². The molecule has 3 saturated heterocycles. The molecule has 20 heteroatoms. The van der Waals surface area contributed by atoms with E-state index in [1.807, 2.05) is 0 Å². The van der Waals surface area contributed by atoms with Gasteiger partial charge >= 0.3 is 5.97 Å². The number of carbonyl (C=O) groups excluding carboxylic acids is 1. The van der Waals surface area contributed by atoms with Gasteiger partial charge in [-0.05, 0) is 0 Å². The number of aliphatic carboxylic acids is 1. The van der Waals surface area contributed by atoms with Crippen LogP contribution in [0.15, 0.2) is 0 Å². The highest BCUT2D eigenvalue weighted by atomic mass is 16.8. The lowest BCUT2D eigenvalue weighted by molar-refractivity contribution is -0.364. The van der Waals surface area contributed by atoms with Crippen LogP contribution in [0.5, 0.6) is 0 Å². The number of aliphatic hydroxyl groups is 11. The van der Waals surface area contributed by atoms with Crippen molar-refractivity contribution in [1.82, 2.24) is 5.32 Å². The van der Waals surface area contributed by atoms with Gasteiger partial charge in [-0.25, -0.2) is 4.79 Å². The Balaban J connectivity index is 1.82. The monoisotopic (exact) mass is 633 g/mol. The zero-order chi connectivity index (χ0) is 32.4. The molecular formula is C23H39NO19. The summed E-state index contributed by atoms with van der Waals surface area (Å²) >= 11 is 0. The van der Waals surface area contributed by atoms with E-state index in [0.29, 0.717) is 0 Å². The smallest absolute Gasteiger partial charge is 0.364 e. The predicted molar refractivity (Wildman–Crippen MR) is 130 cm³/mol. The maximum atomic E-state index is 12.3. The molecule has 0 aromatic carbocycles. The van der Waals surface area contributed by atoms with Gasteiger partial charge in [-0.2, -0.15) is 0 Å². The standard InChI is InChI=1S/C23H39NO19/c1-6(27)24-11-7(28)2-23(22(37)38,43-19(11)12(30)8(29)3-25)39-5-10-13(31)14(32)17(35)21(41-10)42-18-9(4-26)40-20(36)16(34)15(18)33/h7-21,25-26,28-36H,2-5H2,1H3,(H,24,27)(H,37,38)/t7?,8-,9?,10?,11-,12-,13+,14?,15?,16?,17?,18-,19?,20-,21+,23-/m1/s1. The van der Waals surface area contributed by atoms with Crippen molar-refractivity contribution in [2.75, 3.05) is 19.8 Å². The van der Waals surface area contributed by atoms with Gasteiger partial charge in [0.25, 0.3) is 5.79 Å². The fourth-order valence-electron chi connectivity index (χ4n) is 5.05. The van der Waals surface area contributed by atoms with Gasteiger partial charge in [0.1, 0.15) is 67.1 Å². The van der Waals surface area contributed by atoms with E-state index in [0.717, 1.165) is 6.92 Å². The molecule has 13 N–H and O–H groups in total. The van der Waals surface area contributed by atoms with Crippen LogP contribution in [0.3, 0.4) is 0 Å². The van der Waals surface area contributed by atoms with E-state index in [1.165, 1.54) is 0 Å². The lowest BCUT2D eigenvalue weighted by atomic mass is 9.88. The van der Waals surface area contributed by atoms with Gasteiger partial charge < -0.3 is 90.3 Å². The molecule has 3 fully saturated rings. The molecule has 3 aliphatic heterocycles. The maximum Gasteiger partial charge on any atom is 0.364 e. The summed E-state index contributed by atoms with van der Waals surface area (Å²) in [4.78, 5) is 24.0. The Bertz CT molecular complexity index is 942. The highest BCUT2D eigenvalue weighted by molar-refractivity contribution is 5.76. The first-order valence-electron chi connectivity index (χ1n) is 13.2. The highest BCUT2D eigenvalue weighted by Gasteiger charge is 2.57. The molecule has 0 saturated carbocycles. The minimum Gasteiger partial charge on any atom is -0.477 e. The number of ether oxygens (including phenoxy) is 5. The minimum absolute atomic E-state index is 0.719. The Hall–Kier alpha value is -1.70. The lowest BCUT2D eigenvalue weighted by Gasteiger charge is -2.48. The van der Waals surface area contributed by atoms with Gasteiger partial charge in [0, 0.05) is 13.3 Å². The molecule has 250 valence electrons. The van der Waals surface area contributed by atoms with Crippen molar-refractivity contribution >= 4 is 11.9 Å². The predicted octanol–water partition coefficient (Wildman–Crippen LogP) is -8.22. The molecule has 0 spiro atoms. The Labute approximate surface area is 243 Å². The van der Waals surface area contributed by atoms with Crippen molar-refractivity contribution in [1.29, 1.82) is 0 Å². The molecule has 0 radical (unpaired) electrons. The van der Waals surface area contributed by atoms with E-state index < -0.39 is 136 Å². The second-order valence-electron chi connectivity index (χ2n) is 10.5.